The van der Waals surface area contributed by atoms with Crippen LogP contribution in [-0.4, -0.2) is 32.7 Å². The molecule has 0 radical (unpaired) electrons. The Morgan fingerprint density at radius 1 is 1.04 bits per heavy atom. The van der Waals surface area contributed by atoms with Gasteiger partial charge in [0.25, 0.3) is 23.4 Å². The molecule has 1 saturated heterocycles. The predicted octanol–water partition coefficient (Wildman–Crippen LogP) is 7.06. The molecule has 1 aliphatic heterocycles. The summed E-state index contributed by atoms with van der Waals surface area (Å²) in [5.74, 6) is -1.56. The van der Waals surface area contributed by atoms with Gasteiger partial charge in [-0.05, 0) is 85.7 Å². The number of carbonyl (C=O) groups is 3. The molecule has 0 aliphatic carbocycles. The highest BCUT2D eigenvalue weighted by Crippen LogP contribution is 2.40. The topological polar surface area (TPSA) is 135 Å². The smallest absolute Gasteiger partial charge is 0.283 e. The van der Waals surface area contributed by atoms with E-state index in [1.54, 1.807) is 60.7 Å². The third kappa shape index (κ3) is 6.29. The summed E-state index contributed by atoms with van der Waals surface area (Å²) in [6.07, 6.45) is 1.32. The molecule has 228 valence electrons. The van der Waals surface area contributed by atoms with Gasteiger partial charge < -0.3 is 5.32 Å². The van der Waals surface area contributed by atoms with Gasteiger partial charge >= 0.3 is 0 Å². The maximum atomic E-state index is 13.5. The Hall–Kier alpha value is -5.24. The number of hydrogen-bond acceptors (Lipinski definition) is 9. The molecule has 1 fully saturated rings. The van der Waals surface area contributed by atoms with Crippen molar-refractivity contribution in [1.29, 1.82) is 0 Å². The average molecular weight is 666 g/mol. The Balaban J connectivity index is 1.25. The van der Waals surface area contributed by atoms with Crippen LogP contribution in [0, 0.1) is 24.0 Å². The lowest BCUT2D eigenvalue weighted by molar-refractivity contribution is -0.387. The van der Waals surface area contributed by atoms with E-state index in [9.17, 15) is 24.5 Å². The van der Waals surface area contributed by atoms with Crippen molar-refractivity contribution in [2.75, 3.05) is 10.2 Å². The number of nitrogens with zero attached hydrogens (tertiary/aromatic N) is 3. The molecule has 1 aliphatic rings. The van der Waals surface area contributed by atoms with Crippen LogP contribution < -0.4 is 15.5 Å². The molecule has 5 aromatic rings. The zero-order valence-electron chi connectivity index (χ0n) is 24.3. The molecular formula is C33H23N5O5S3. The third-order valence-corrected chi connectivity index (χ3v) is 9.47. The summed E-state index contributed by atoms with van der Waals surface area (Å²) in [7, 11) is 0. The molecule has 6 rings (SSSR count). The average Bonchev–Trinajstić information content (AvgIpc) is 3.42. The lowest BCUT2D eigenvalue weighted by atomic mass is 10.0. The van der Waals surface area contributed by atoms with Gasteiger partial charge in [0.05, 0.1) is 25.7 Å². The van der Waals surface area contributed by atoms with Gasteiger partial charge in [-0.1, -0.05) is 53.7 Å². The van der Waals surface area contributed by atoms with Gasteiger partial charge in [0, 0.05) is 17.3 Å². The summed E-state index contributed by atoms with van der Waals surface area (Å²) in [5.41, 5.74) is 4.03. The SMILES string of the molecule is Cc1ccc(N2C(=O)/C(=C/c3ccc(Sc4nc5ccc(NC(=O)c6ccccc6)cc5s4)c([N+](=O)[O-])c3)C(=O)NC2=S)c(C)c1. The summed E-state index contributed by atoms with van der Waals surface area (Å²) in [4.78, 5) is 56.7. The van der Waals surface area contributed by atoms with Crippen molar-refractivity contribution in [2.24, 2.45) is 0 Å². The first-order chi connectivity index (χ1) is 22.1. The van der Waals surface area contributed by atoms with Crippen LogP contribution in [0.3, 0.4) is 0 Å². The molecule has 3 amide bonds. The van der Waals surface area contributed by atoms with Crippen LogP contribution in [0.4, 0.5) is 17.1 Å². The van der Waals surface area contributed by atoms with Crippen LogP contribution in [0.5, 0.6) is 0 Å². The van der Waals surface area contributed by atoms with Gasteiger partial charge in [0.1, 0.15) is 5.57 Å². The number of aromatic nitrogens is 1. The molecule has 2 N–H and O–H groups in total. The Bertz CT molecular complexity index is 2130. The molecule has 1 aromatic heterocycles. The van der Waals surface area contributed by atoms with E-state index in [1.807, 2.05) is 32.0 Å². The van der Waals surface area contributed by atoms with E-state index in [1.165, 1.54) is 28.4 Å². The zero-order valence-corrected chi connectivity index (χ0v) is 26.7. The van der Waals surface area contributed by atoms with Crippen LogP contribution in [0.1, 0.15) is 27.0 Å². The van der Waals surface area contributed by atoms with Gasteiger partial charge in [0.15, 0.2) is 9.45 Å². The predicted molar refractivity (Wildman–Crippen MR) is 183 cm³/mol. The number of hydrogen-bond donors (Lipinski definition) is 2. The van der Waals surface area contributed by atoms with Crippen LogP contribution in [-0.2, 0) is 9.59 Å². The van der Waals surface area contributed by atoms with Crippen LogP contribution >= 0.6 is 35.3 Å². The highest BCUT2D eigenvalue weighted by Gasteiger charge is 2.35. The number of amides is 3. The molecule has 0 bridgehead atoms. The maximum absolute atomic E-state index is 13.5. The summed E-state index contributed by atoms with van der Waals surface area (Å²) >= 11 is 7.77. The van der Waals surface area contributed by atoms with Crippen LogP contribution in [0.2, 0.25) is 0 Å². The Kier molecular flexibility index (Phi) is 8.45. The van der Waals surface area contributed by atoms with E-state index < -0.39 is 16.7 Å². The zero-order chi connectivity index (χ0) is 32.5. The Labute approximate surface area is 276 Å². The van der Waals surface area contributed by atoms with E-state index in [0.29, 0.717) is 37.3 Å². The van der Waals surface area contributed by atoms with Gasteiger partial charge in [-0.15, -0.1) is 11.3 Å². The quantitative estimate of drug-likeness (QED) is 0.0621. The highest BCUT2D eigenvalue weighted by atomic mass is 32.2. The molecule has 0 saturated carbocycles. The number of nitrogens with one attached hydrogen (secondary N) is 2. The lowest BCUT2D eigenvalue weighted by Crippen LogP contribution is -2.54. The third-order valence-electron chi connectivity index (χ3n) is 7.05. The fourth-order valence-corrected chi connectivity index (χ4v) is 7.29. The van der Waals surface area contributed by atoms with E-state index in [0.717, 1.165) is 27.6 Å². The van der Waals surface area contributed by atoms with Crippen LogP contribution in [0.25, 0.3) is 16.3 Å². The monoisotopic (exact) mass is 665 g/mol. The Morgan fingerprint density at radius 3 is 2.57 bits per heavy atom. The fraction of sp³-hybridized carbons (Fsp3) is 0.0606. The largest absolute Gasteiger partial charge is 0.322 e. The number of thiazole rings is 1. The summed E-state index contributed by atoms with van der Waals surface area (Å²) in [6.45, 7) is 3.77. The number of nitro groups is 1. The van der Waals surface area contributed by atoms with E-state index in [2.05, 4.69) is 15.6 Å². The van der Waals surface area contributed by atoms with Crippen LogP contribution in [0.15, 0.2) is 99.7 Å². The first kappa shape index (κ1) is 30.8. The van der Waals surface area contributed by atoms with Crippen molar-refractivity contribution >= 4 is 91.5 Å². The normalized spacial score (nSPS) is 14.1. The van der Waals surface area contributed by atoms with E-state index in [-0.39, 0.29) is 22.3 Å². The number of aryl methyl sites for hydroxylation is 2. The number of carbonyl (C=O) groups excluding carboxylic acids is 3. The summed E-state index contributed by atoms with van der Waals surface area (Å²) < 4.78 is 1.36. The first-order valence-corrected chi connectivity index (χ1v) is 15.8. The molecule has 4 aromatic carbocycles. The number of benzene rings is 4. The standard InChI is InChI=1S/C33H23N5O5S3/c1-18-8-12-25(19(2)14-18)37-31(41)23(30(40)36-32(37)44)15-20-9-13-27(26(16-20)38(42)43)45-33-35-24-11-10-22(17-28(24)46-33)34-29(39)21-6-4-3-5-7-21/h3-17H,1-2H3,(H,34,39)(H,36,40,44)/b23-15+. The van der Waals surface area contributed by atoms with Crippen molar-refractivity contribution in [3.8, 4) is 0 Å². The molecule has 0 spiro atoms. The molecule has 46 heavy (non-hydrogen) atoms. The van der Waals surface area contributed by atoms with Gasteiger partial charge in [0.2, 0.25) is 0 Å². The van der Waals surface area contributed by atoms with Crippen molar-refractivity contribution in [3.05, 3.63) is 123 Å². The van der Waals surface area contributed by atoms with E-state index >= 15 is 0 Å². The molecule has 2 heterocycles. The number of fused-ring (bicyclic) bond motifs is 1. The Morgan fingerprint density at radius 2 is 1.83 bits per heavy atom. The minimum atomic E-state index is -0.689. The lowest BCUT2D eigenvalue weighted by Gasteiger charge is -2.30. The second kappa shape index (κ2) is 12.6. The van der Waals surface area contributed by atoms with Crippen molar-refractivity contribution in [3.63, 3.8) is 0 Å². The molecule has 13 heteroatoms. The second-order valence-electron chi connectivity index (χ2n) is 10.3. The number of nitro benzene ring substituents is 1. The minimum Gasteiger partial charge on any atom is -0.322 e. The minimum absolute atomic E-state index is 0.0432. The fourth-order valence-electron chi connectivity index (χ4n) is 4.86. The van der Waals surface area contributed by atoms with Gasteiger partial charge in [-0.3, -0.25) is 34.7 Å². The van der Waals surface area contributed by atoms with Gasteiger partial charge in [-0.25, -0.2) is 4.98 Å². The molecule has 10 nitrogen and oxygen atoms in total. The molecular weight excluding hydrogens is 643 g/mol. The first-order valence-electron chi connectivity index (χ1n) is 13.8. The van der Waals surface area contributed by atoms with Crippen molar-refractivity contribution in [2.45, 2.75) is 23.1 Å². The summed E-state index contributed by atoms with van der Waals surface area (Å²) in [6, 6.07) is 24.2. The highest BCUT2D eigenvalue weighted by molar-refractivity contribution is 8.01. The summed E-state index contributed by atoms with van der Waals surface area (Å²) in [5, 5.41) is 17.5. The van der Waals surface area contributed by atoms with E-state index in [4.69, 9.17) is 12.2 Å². The van der Waals surface area contributed by atoms with Crippen molar-refractivity contribution in [1.82, 2.24) is 10.3 Å². The van der Waals surface area contributed by atoms with Crippen molar-refractivity contribution < 1.29 is 19.3 Å². The van der Waals surface area contributed by atoms with Gasteiger partial charge in [-0.2, -0.15) is 0 Å². The molecule has 0 atom stereocenters. The second-order valence-corrected chi connectivity index (χ2v) is 13.0. The maximum Gasteiger partial charge on any atom is 0.283 e. The number of anilines is 2. The number of rotatable bonds is 7. The number of thiocarbonyl (C=S) groups is 1. The molecule has 0 unspecified atom stereocenters.